The number of carbonyl (C=O) groups excluding carboxylic acids is 1. The first-order valence-electron chi connectivity index (χ1n) is 5.72. The Balaban J connectivity index is 3.02. The standard InChI is InChI=1S/C14H20O2S/c1-14(2,3)10-5-6-12(15)11(9-10)13(16)7-8-17-4/h5-6,9,15H,7-8H2,1-4H3. The van der Waals surface area contributed by atoms with E-state index in [9.17, 15) is 9.90 Å². The molecule has 0 radical (unpaired) electrons. The molecule has 1 rings (SSSR count). The van der Waals surface area contributed by atoms with Crippen LogP contribution in [0.25, 0.3) is 0 Å². The van der Waals surface area contributed by atoms with Gasteiger partial charge in [-0.25, -0.2) is 0 Å². The molecule has 0 fully saturated rings. The van der Waals surface area contributed by atoms with E-state index in [1.54, 1.807) is 17.8 Å². The van der Waals surface area contributed by atoms with Crippen molar-refractivity contribution in [3.05, 3.63) is 29.3 Å². The van der Waals surface area contributed by atoms with Crippen LogP contribution in [0.15, 0.2) is 18.2 Å². The highest BCUT2D eigenvalue weighted by atomic mass is 32.2. The zero-order chi connectivity index (χ0) is 13.1. The van der Waals surface area contributed by atoms with Gasteiger partial charge in [-0.15, -0.1) is 0 Å². The van der Waals surface area contributed by atoms with E-state index in [4.69, 9.17) is 0 Å². The molecule has 0 unspecified atom stereocenters. The van der Waals surface area contributed by atoms with Crippen molar-refractivity contribution in [2.75, 3.05) is 12.0 Å². The summed E-state index contributed by atoms with van der Waals surface area (Å²) in [7, 11) is 0. The molecule has 0 aliphatic carbocycles. The molecule has 0 aromatic heterocycles. The molecule has 94 valence electrons. The van der Waals surface area contributed by atoms with Gasteiger partial charge in [0.05, 0.1) is 5.56 Å². The van der Waals surface area contributed by atoms with Crippen LogP contribution >= 0.6 is 11.8 Å². The van der Waals surface area contributed by atoms with Crippen molar-refractivity contribution >= 4 is 17.5 Å². The molecule has 0 spiro atoms. The Hall–Kier alpha value is -0.960. The molecule has 0 aliphatic heterocycles. The van der Waals surface area contributed by atoms with Gasteiger partial charge in [0.2, 0.25) is 0 Å². The van der Waals surface area contributed by atoms with Crippen LogP contribution in [0.1, 0.15) is 43.1 Å². The maximum Gasteiger partial charge on any atom is 0.167 e. The number of phenolic OH excluding ortho intramolecular Hbond substituents is 1. The van der Waals surface area contributed by atoms with Gasteiger partial charge in [0.15, 0.2) is 5.78 Å². The molecule has 3 heteroatoms. The summed E-state index contributed by atoms with van der Waals surface area (Å²) < 4.78 is 0. The van der Waals surface area contributed by atoms with Crippen LogP contribution in [-0.2, 0) is 5.41 Å². The molecule has 2 nitrogen and oxygen atoms in total. The number of thioether (sulfide) groups is 1. The fourth-order valence-electron chi connectivity index (χ4n) is 1.56. The van der Waals surface area contributed by atoms with Gasteiger partial charge in [-0.05, 0) is 29.4 Å². The topological polar surface area (TPSA) is 37.3 Å². The molecule has 0 aliphatic rings. The molecule has 0 saturated carbocycles. The SMILES string of the molecule is CSCCC(=O)c1cc(C(C)(C)C)ccc1O. The third-order valence-electron chi connectivity index (χ3n) is 2.70. The Bertz CT molecular complexity index is 405. The summed E-state index contributed by atoms with van der Waals surface area (Å²) in [5.41, 5.74) is 1.51. The van der Waals surface area contributed by atoms with Gasteiger partial charge < -0.3 is 5.11 Å². The number of Topliss-reactive ketones (excluding diaryl/α,β-unsaturated/α-hetero) is 1. The number of phenols is 1. The van der Waals surface area contributed by atoms with Gasteiger partial charge in [0.25, 0.3) is 0 Å². The number of ketones is 1. The quantitative estimate of drug-likeness (QED) is 0.831. The number of aromatic hydroxyl groups is 1. The first-order valence-corrected chi connectivity index (χ1v) is 7.11. The Labute approximate surface area is 107 Å². The van der Waals surface area contributed by atoms with E-state index >= 15 is 0 Å². The van der Waals surface area contributed by atoms with Crippen molar-refractivity contribution in [3.63, 3.8) is 0 Å². The number of carbonyl (C=O) groups is 1. The Kier molecular flexibility index (Phi) is 4.63. The number of benzene rings is 1. The Morgan fingerprint density at radius 2 is 2.00 bits per heavy atom. The van der Waals surface area contributed by atoms with Crippen LogP contribution in [0.4, 0.5) is 0 Å². The third-order valence-corrected chi connectivity index (χ3v) is 3.31. The van der Waals surface area contributed by atoms with E-state index in [0.29, 0.717) is 12.0 Å². The first kappa shape index (κ1) is 14.1. The van der Waals surface area contributed by atoms with Crippen LogP contribution in [0.5, 0.6) is 5.75 Å². The second-order valence-electron chi connectivity index (χ2n) is 5.15. The van der Waals surface area contributed by atoms with E-state index in [1.807, 2.05) is 18.4 Å². The van der Waals surface area contributed by atoms with E-state index in [2.05, 4.69) is 20.8 Å². The van der Waals surface area contributed by atoms with Crippen LogP contribution in [-0.4, -0.2) is 22.9 Å². The summed E-state index contributed by atoms with van der Waals surface area (Å²) >= 11 is 1.64. The summed E-state index contributed by atoms with van der Waals surface area (Å²) in [5.74, 6) is 0.893. The van der Waals surface area contributed by atoms with E-state index < -0.39 is 0 Å². The average molecular weight is 252 g/mol. The van der Waals surface area contributed by atoms with Gasteiger partial charge in [0, 0.05) is 12.2 Å². The summed E-state index contributed by atoms with van der Waals surface area (Å²) in [5, 5.41) is 9.74. The van der Waals surface area contributed by atoms with Gasteiger partial charge in [-0.2, -0.15) is 11.8 Å². The van der Waals surface area contributed by atoms with Gasteiger partial charge >= 0.3 is 0 Å². The predicted molar refractivity (Wildman–Crippen MR) is 74.1 cm³/mol. The third kappa shape index (κ3) is 3.77. The fourth-order valence-corrected chi connectivity index (χ4v) is 1.94. The van der Waals surface area contributed by atoms with Crippen molar-refractivity contribution in [2.45, 2.75) is 32.6 Å². The van der Waals surface area contributed by atoms with E-state index in [1.165, 1.54) is 0 Å². The lowest BCUT2D eigenvalue weighted by Gasteiger charge is -2.20. The normalized spacial score (nSPS) is 11.5. The summed E-state index contributed by atoms with van der Waals surface area (Å²) in [4.78, 5) is 11.9. The number of rotatable bonds is 4. The minimum Gasteiger partial charge on any atom is -0.507 e. The molecule has 17 heavy (non-hydrogen) atoms. The van der Waals surface area contributed by atoms with Crippen LogP contribution in [0.2, 0.25) is 0 Å². The molecule has 1 aromatic carbocycles. The monoisotopic (exact) mass is 252 g/mol. The maximum absolute atomic E-state index is 11.9. The highest BCUT2D eigenvalue weighted by Crippen LogP contribution is 2.28. The van der Waals surface area contributed by atoms with Crippen molar-refractivity contribution in [3.8, 4) is 5.75 Å². The van der Waals surface area contributed by atoms with Crippen LogP contribution in [0.3, 0.4) is 0 Å². The molecular formula is C14H20O2S. The van der Waals surface area contributed by atoms with Crippen molar-refractivity contribution in [1.82, 2.24) is 0 Å². The van der Waals surface area contributed by atoms with Crippen molar-refractivity contribution in [2.24, 2.45) is 0 Å². The second-order valence-corrected chi connectivity index (χ2v) is 6.13. The fraction of sp³-hybridized carbons (Fsp3) is 0.500. The molecule has 0 bridgehead atoms. The minimum absolute atomic E-state index is 0.0117. The van der Waals surface area contributed by atoms with Crippen molar-refractivity contribution < 1.29 is 9.90 Å². The largest absolute Gasteiger partial charge is 0.507 e. The van der Waals surface area contributed by atoms with Crippen LogP contribution < -0.4 is 0 Å². The predicted octanol–water partition coefficient (Wildman–Crippen LogP) is 3.63. The second kappa shape index (κ2) is 5.58. The summed E-state index contributed by atoms with van der Waals surface area (Å²) in [6, 6.07) is 5.31. The molecule has 0 amide bonds. The lowest BCUT2D eigenvalue weighted by atomic mass is 9.85. The lowest BCUT2D eigenvalue weighted by molar-refractivity contribution is 0.0987. The maximum atomic E-state index is 11.9. The van der Waals surface area contributed by atoms with E-state index in [0.717, 1.165) is 11.3 Å². The Morgan fingerprint density at radius 1 is 1.35 bits per heavy atom. The van der Waals surface area contributed by atoms with Crippen LogP contribution in [0, 0.1) is 0 Å². The summed E-state index contributed by atoms with van der Waals surface area (Å²) in [6.07, 6.45) is 2.45. The van der Waals surface area contributed by atoms with Gasteiger partial charge in [-0.3, -0.25) is 4.79 Å². The molecular weight excluding hydrogens is 232 g/mol. The number of hydrogen-bond acceptors (Lipinski definition) is 3. The average Bonchev–Trinajstić information content (AvgIpc) is 2.24. The zero-order valence-electron chi connectivity index (χ0n) is 10.9. The van der Waals surface area contributed by atoms with Gasteiger partial charge in [-0.1, -0.05) is 26.8 Å². The molecule has 1 N–H and O–H groups in total. The summed E-state index contributed by atoms with van der Waals surface area (Å²) in [6.45, 7) is 6.28. The molecule has 1 aromatic rings. The number of hydrogen-bond donors (Lipinski definition) is 1. The van der Waals surface area contributed by atoms with Crippen molar-refractivity contribution in [1.29, 1.82) is 0 Å². The molecule has 0 saturated heterocycles. The minimum atomic E-state index is -0.0117. The zero-order valence-corrected chi connectivity index (χ0v) is 11.7. The smallest absolute Gasteiger partial charge is 0.167 e. The first-order chi connectivity index (χ1) is 7.86. The van der Waals surface area contributed by atoms with E-state index in [-0.39, 0.29) is 16.9 Å². The highest BCUT2D eigenvalue weighted by molar-refractivity contribution is 7.98. The van der Waals surface area contributed by atoms with Gasteiger partial charge in [0.1, 0.15) is 5.75 Å². The Morgan fingerprint density at radius 3 is 2.53 bits per heavy atom. The lowest BCUT2D eigenvalue weighted by Crippen LogP contribution is -2.12. The molecule has 0 atom stereocenters. The highest BCUT2D eigenvalue weighted by Gasteiger charge is 2.18. The molecule has 0 heterocycles.